The number of halogens is 2. The quantitative estimate of drug-likeness (QED) is 0.596. The van der Waals surface area contributed by atoms with E-state index in [1.807, 2.05) is 5.51 Å². The molecule has 0 fully saturated rings. The lowest BCUT2D eigenvalue weighted by Crippen LogP contribution is -1.83. The lowest BCUT2D eigenvalue weighted by Gasteiger charge is -1.87. The average Bonchev–Trinajstić information content (AvgIpc) is 2.18. The summed E-state index contributed by atoms with van der Waals surface area (Å²) in [5.41, 5.74) is 1.85. The van der Waals surface area contributed by atoms with Crippen molar-refractivity contribution in [1.29, 1.82) is 0 Å². The van der Waals surface area contributed by atoms with Gasteiger partial charge in [0.25, 0.3) is 0 Å². The molecule has 9 heavy (non-hydrogen) atoms. The van der Waals surface area contributed by atoms with Gasteiger partial charge in [-0.05, 0) is 29.0 Å². The van der Waals surface area contributed by atoms with Crippen molar-refractivity contribution >= 4 is 45.5 Å². The van der Waals surface area contributed by atoms with Gasteiger partial charge in [-0.2, -0.15) is 0 Å². The van der Waals surface area contributed by atoms with Crippen molar-refractivity contribution in [3.63, 3.8) is 0 Å². The minimum atomic E-state index is 0.693. The van der Waals surface area contributed by atoms with Crippen LogP contribution in [0.3, 0.4) is 0 Å². The van der Waals surface area contributed by atoms with Crippen LogP contribution in [-0.2, 0) is 6.42 Å². The molecule has 1 heterocycles. The van der Waals surface area contributed by atoms with Crippen LogP contribution in [0.4, 0.5) is 0 Å². The van der Waals surface area contributed by atoms with Gasteiger partial charge in [0.05, 0.1) is 5.51 Å². The maximum absolute atomic E-state index is 5.54. The minimum Gasteiger partial charge on any atom is -0.238 e. The molecule has 0 atom stereocenters. The number of hydrogen-bond donors (Lipinski definition) is 0. The van der Waals surface area contributed by atoms with Crippen LogP contribution in [0.2, 0.25) is 0 Å². The first kappa shape index (κ1) is 7.75. The standard InChI is InChI=1S/C5H5ClINS/c6-2-1-4-5(7)8-3-9-4/h3H,1-2H2. The van der Waals surface area contributed by atoms with E-state index in [4.69, 9.17) is 11.6 Å². The molecule has 50 valence electrons. The number of aryl methyl sites for hydroxylation is 1. The Morgan fingerprint density at radius 1 is 1.78 bits per heavy atom. The van der Waals surface area contributed by atoms with Gasteiger partial charge in [-0.25, -0.2) is 4.98 Å². The molecule has 0 bridgehead atoms. The second-order valence-corrected chi connectivity index (χ2v) is 3.84. The number of thiazole rings is 1. The second kappa shape index (κ2) is 3.73. The van der Waals surface area contributed by atoms with Crippen molar-refractivity contribution in [1.82, 2.24) is 4.98 Å². The molecular formula is C5H5ClINS. The molecule has 0 radical (unpaired) electrons. The summed E-state index contributed by atoms with van der Waals surface area (Å²) in [5, 5.41) is 0. The van der Waals surface area contributed by atoms with E-state index < -0.39 is 0 Å². The highest BCUT2D eigenvalue weighted by atomic mass is 127. The van der Waals surface area contributed by atoms with E-state index in [0.29, 0.717) is 5.88 Å². The molecule has 1 rings (SSSR count). The Labute approximate surface area is 76.6 Å². The number of nitrogens with zero attached hydrogens (tertiary/aromatic N) is 1. The third kappa shape index (κ3) is 2.05. The van der Waals surface area contributed by atoms with Gasteiger partial charge in [0.15, 0.2) is 0 Å². The molecule has 0 spiro atoms. The fourth-order valence-electron chi connectivity index (χ4n) is 0.505. The zero-order chi connectivity index (χ0) is 6.69. The van der Waals surface area contributed by atoms with E-state index in [1.54, 1.807) is 11.3 Å². The van der Waals surface area contributed by atoms with Crippen LogP contribution in [-0.4, -0.2) is 10.9 Å². The largest absolute Gasteiger partial charge is 0.238 e. The first-order valence-corrected chi connectivity index (χ1v) is 4.97. The highest BCUT2D eigenvalue weighted by molar-refractivity contribution is 14.1. The molecule has 1 aromatic rings. The maximum atomic E-state index is 5.54. The van der Waals surface area contributed by atoms with Gasteiger partial charge < -0.3 is 0 Å². The molecule has 4 heteroatoms. The fraction of sp³-hybridized carbons (Fsp3) is 0.400. The van der Waals surface area contributed by atoms with Crippen LogP contribution in [0.1, 0.15) is 4.88 Å². The molecule has 0 amide bonds. The van der Waals surface area contributed by atoms with Crippen molar-refractivity contribution in [3.05, 3.63) is 14.1 Å². The van der Waals surface area contributed by atoms with Gasteiger partial charge >= 0.3 is 0 Å². The molecule has 0 aromatic carbocycles. The molecule has 0 aliphatic heterocycles. The van der Waals surface area contributed by atoms with Crippen LogP contribution in [0.25, 0.3) is 0 Å². The van der Waals surface area contributed by atoms with Gasteiger partial charge in [-0.3, -0.25) is 0 Å². The molecule has 0 saturated carbocycles. The van der Waals surface area contributed by atoms with Crippen molar-refractivity contribution in [2.24, 2.45) is 0 Å². The predicted molar refractivity (Wildman–Crippen MR) is 49.3 cm³/mol. The zero-order valence-electron chi connectivity index (χ0n) is 4.60. The second-order valence-electron chi connectivity index (χ2n) is 1.51. The van der Waals surface area contributed by atoms with Crippen LogP contribution >= 0.6 is 45.5 Å². The lowest BCUT2D eigenvalue weighted by atomic mass is 10.4. The van der Waals surface area contributed by atoms with Gasteiger partial charge in [0.1, 0.15) is 3.70 Å². The van der Waals surface area contributed by atoms with Gasteiger partial charge in [-0.1, -0.05) is 0 Å². The monoisotopic (exact) mass is 273 g/mol. The van der Waals surface area contributed by atoms with Gasteiger partial charge in [-0.15, -0.1) is 22.9 Å². The summed E-state index contributed by atoms with van der Waals surface area (Å²) < 4.78 is 1.10. The number of aromatic nitrogens is 1. The Morgan fingerprint density at radius 2 is 2.56 bits per heavy atom. The molecule has 1 nitrogen and oxygen atoms in total. The van der Waals surface area contributed by atoms with Crippen LogP contribution in [0, 0.1) is 3.70 Å². The van der Waals surface area contributed by atoms with Crippen molar-refractivity contribution in [2.75, 3.05) is 5.88 Å². The zero-order valence-corrected chi connectivity index (χ0v) is 8.33. The molecule has 0 aliphatic rings. The van der Waals surface area contributed by atoms with Gasteiger partial charge in [0, 0.05) is 10.8 Å². The molecule has 0 N–H and O–H groups in total. The molecular weight excluding hydrogens is 268 g/mol. The third-order valence-electron chi connectivity index (χ3n) is 0.913. The third-order valence-corrected chi connectivity index (χ3v) is 3.29. The van der Waals surface area contributed by atoms with E-state index in [2.05, 4.69) is 27.6 Å². The van der Waals surface area contributed by atoms with E-state index in [9.17, 15) is 0 Å². The smallest absolute Gasteiger partial charge is 0.115 e. The summed E-state index contributed by atoms with van der Waals surface area (Å²) in [7, 11) is 0. The van der Waals surface area contributed by atoms with E-state index in [-0.39, 0.29) is 0 Å². The number of hydrogen-bond acceptors (Lipinski definition) is 2. The van der Waals surface area contributed by atoms with Crippen LogP contribution < -0.4 is 0 Å². The summed E-state index contributed by atoms with van der Waals surface area (Å²) in [6.45, 7) is 0. The molecule has 0 saturated heterocycles. The number of rotatable bonds is 2. The topological polar surface area (TPSA) is 12.9 Å². The summed E-state index contributed by atoms with van der Waals surface area (Å²) in [6, 6.07) is 0. The van der Waals surface area contributed by atoms with Gasteiger partial charge in [0.2, 0.25) is 0 Å². The maximum Gasteiger partial charge on any atom is 0.115 e. The fourth-order valence-corrected chi connectivity index (χ4v) is 2.44. The van der Waals surface area contributed by atoms with E-state index >= 15 is 0 Å². The van der Waals surface area contributed by atoms with Crippen molar-refractivity contribution in [3.8, 4) is 0 Å². The lowest BCUT2D eigenvalue weighted by molar-refractivity contribution is 1.15. The normalized spacial score (nSPS) is 10.0. The van der Waals surface area contributed by atoms with Crippen molar-refractivity contribution in [2.45, 2.75) is 6.42 Å². The average molecular weight is 274 g/mol. The Morgan fingerprint density at radius 3 is 3.00 bits per heavy atom. The SMILES string of the molecule is ClCCc1scnc1I. The van der Waals surface area contributed by atoms with Crippen LogP contribution in [0.5, 0.6) is 0 Å². The summed E-state index contributed by atoms with van der Waals surface area (Å²) in [4.78, 5) is 5.38. The first-order chi connectivity index (χ1) is 4.34. The Balaban J connectivity index is 2.69. The van der Waals surface area contributed by atoms with E-state index in [0.717, 1.165) is 10.1 Å². The molecule has 1 aromatic heterocycles. The first-order valence-electron chi connectivity index (χ1n) is 2.48. The molecule has 0 aliphatic carbocycles. The summed E-state index contributed by atoms with van der Waals surface area (Å²) in [6.07, 6.45) is 0.949. The van der Waals surface area contributed by atoms with Crippen molar-refractivity contribution < 1.29 is 0 Å². The summed E-state index contributed by atoms with van der Waals surface area (Å²) in [5.74, 6) is 0.693. The Bertz CT molecular complexity index is 189. The summed E-state index contributed by atoms with van der Waals surface area (Å²) >= 11 is 9.43. The Kier molecular flexibility index (Phi) is 3.21. The molecule has 0 unspecified atom stereocenters. The van der Waals surface area contributed by atoms with Crippen LogP contribution in [0.15, 0.2) is 5.51 Å². The number of alkyl halides is 1. The highest BCUT2D eigenvalue weighted by Crippen LogP contribution is 2.15. The van der Waals surface area contributed by atoms with E-state index in [1.165, 1.54) is 4.88 Å². The minimum absolute atomic E-state index is 0.693. The Hall–Kier alpha value is 0.650. The predicted octanol–water partition coefficient (Wildman–Crippen LogP) is 2.53. The highest BCUT2D eigenvalue weighted by Gasteiger charge is 1.99.